The lowest BCUT2D eigenvalue weighted by molar-refractivity contribution is 0.102. The maximum absolute atomic E-state index is 12.6. The summed E-state index contributed by atoms with van der Waals surface area (Å²) in [5.74, 6) is -0.369. The van der Waals surface area contributed by atoms with E-state index in [0.29, 0.717) is 10.2 Å². The molecule has 0 saturated carbocycles. The lowest BCUT2D eigenvalue weighted by atomic mass is 10.1. The van der Waals surface area contributed by atoms with Crippen LogP contribution in [0, 0.1) is 13.8 Å². The van der Waals surface area contributed by atoms with Crippen LogP contribution in [0.4, 0.5) is 5.69 Å². The second kappa shape index (κ2) is 7.04. The highest BCUT2D eigenvalue weighted by atomic mass is 79.9. The molecule has 7 heteroatoms. The molecule has 0 radical (unpaired) electrons. The van der Waals surface area contributed by atoms with Gasteiger partial charge in [-0.3, -0.25) is 4.79 Å². The van der Waals surface area contributed by atoms with E-state index in [-0.39, 0.29) is 16.4 Å². The maximum Gasteiger partial charge on any atom is 0.256 e. The molecular weight excluding hydrogens is 392 g/mol. The smallest absolute Gasteiger partial charge is 0.256 e. The molecule has 2 aromatic rings. The predicted molar refractivity (Wildman–Crippen MR) is 98.9 cm³/mol. The molecule has 0 aromatic heterocycles. The van der Waals surface area contributed by atoms with Gasteiger partial charge in [0.15, 0.2) is 0 Å². The fourth-order valence-electron chi connectivity index (χ4n) is 2.11. The Hall–Kier alpha value is -1.70. The van der Waals surface area contributed by atoms with Gasteiger partial charge in [-0.1, -0.05) is 12.1 Å². The molecule has 0 bridgehead atoms. The molecule has 0 unspecified atom stereocenters. The number of aryl methyl sites for hydroxylation is 2. The van der Waals surface area contributed by atoms with Crippen LogP contribution in [0.5, 0.6) is 0 Å². The molecule has 1 N–H and O–H groups in total. The first-order chi connectivity index (χ1) is 11.1. The Labute approximate surface area is 150 Å². The van der Waals surface area contributed by atoms with E-state index in [1.165, 1.54) is 26.2 Å². The van der Waals surface area contributed by atoms with Crippen molar-refractivity contribution in [2.75, 3.05) is 19.4 Å². The SMILES string of the molecule is Cc1ccc(C)c(NC(=O)c2cc(S(=O)(=O)N(C)C)ccc2Br)c1. The molecule has 0 saturated heterocycles. The van der Waals surface area contributed by atoms with E-state index in [4.69, 9.17) is 0 Å². The van der Waals surface area contributed by atoms with E-state index in [9.17, 15) is 13.2 Å². The maximum atomic E-state index is 12.6. The molecule has 2 aromatic carbocycles. The molecular formula is C17H19BrN2O3S. The minimum atomic E-state index is -3.60. The van der Waals surface area contributed by atoms with E-state index in [1.54, 1.807) is 6.07 Å². The highest BCUT2D eigenvalue weighted by Crippen LogP contribution is 2.24. The highest BCUT2D eigenvalue weighted by molar-refractivity contribution is 9.10. The van der Waals surface area contributed by atoms with Crippen LogP contribution < -0.4 is 5.32 Å². The molecule has 0 aliphatic heterocycles. The molecule has 1 amide bonds. The molecule has 0 spiro atoms. The van der Waals surface area contributed by atoms with Crippen LogP contribution >= 0.6 is 15.9 Å². The minimum absolute atomic E-state index is 0.0711. The fourth-order valence-corrected chi connectivity index (χ4v) is 3.46. The minimum Gasteiger partial charge on any atom is -0.322 e. The van der Waals surface area contributed by atoms with Gasteiger partial charge in [-0.25, -0.2) is 12.7 Å². The molecule has 5 nitrogen and oxygen atoms in total. The second-order valence-electron chi connectivity index (χ2n) is 5.70. The van der Waals surface area contributed by atoms with Crippen molar-refractivity contribution >= 4 is 37.5 Å². The summed E-state index contributed by atoms with van der Waals surface area (Å²) in [6, 6.07) is 10.2. The van der Waals surface area contributed by atoms with Gasteiger partial charge in [0.05, 0.1) is 10.5 Å². The number of sulfonamides is 1. The summed E-state index contributed by atoms with van der Waals surface area (Å²) in [7, 11) is -0.702. The van der Waals surface area contributed by atoms with Crippen molar-refractivity contribution in [3.63, 3.8) is 0 Å². The summed E-state index contributed by atoms with van der Waals surface area (Å²) in [4.78, 5) is 12.7. The van der Waals surface area contributed by atoms with Crippen LogP contribution in [0.1, 0.15) is 21.5 Å². The highest BCUT2D eigenvalue weighted by Gasteiger charge is 2.21. The summed E-state index contributed by atoms with van der Waals surface area (Å²) in [6.07, 6.45) is 0. The third-order valence-electron chi connectivity index (χ3n) is 3.60. The van der Waals surface area contributed by atoms with E-state index < -0.39 is 10.0 Å². The lowest BCUT2D eigenvalue weighted by Crippen LogP contribution is -2.23. The van der Waals surface area contributed by atoms with Gasteiger partial charge < -0.3 is 5.32 Å². The summed E-state index contributed by atoms with van der Waals surface area (Å²) in [6.45, 7) is 3.84. The Morgan fingerprint density at radius 3 is 2.38 bits per heavy atom. The first-order valence-corrected chi connectivity index (χ1v) is 9.47. The lowest BCUT2D eigenvalue weighted by Gasteiger charge is -2.14. The quantitative estimate of drug-likeness (QED) is 0.837. The van der Waals surface area contributed by atoms with Gasteiger partial charge in [0, 0.05) is 24.3 Å². The zero-order chi connectivity index (χ0) is 18.1. The van der Waals surface area contributed by atoms with E-state index >= 15 is 0 Å². The van der Waals surface area contributed by atoms with Crippen LogP contribution in [0.25, 0.3) is 0 Å². The Morgan fingerprint density at radius 2 is 1.75 bits per heavy atom. The van der Waals surface area contributed by atoms with E-state index in [0.717, 1.165) is 15.4 Å². The number of rotatable bonds is 4. The second-order valence-corrected chi connectivity index (χ2v) is 8.71. The van der Waals surface area contributed by atoms with Crippen molar-refractivity contribution in [1.29, 1.82) is 0 Å². The topological polar surface area (TPSA) is 66.5 Å². The zero-order valence-electron chi connectivity index (χ0n) is 13.9. The number of carbonyl (C=O) groups is 1. The van der Waals surface area contributed by atoms with Crippen molar-refractivity contribution in [3.05, 3.63) is 57.6 Å². The van der Waals surface area contributed by atoms with Crippen molar-refractivity contribution in [1.82, 2.24) is 4.31 Å². The van der Waals surface area contributed by atoms with Crippen molar-refractivity contribution in [3.8, 4) is 0 Å². The Kier molecular flexibility index (Phi) is 5.47. The number of hydrogen-bond acceptors (Lipinski definition) is 3. The standard InChI is InChI=1S/C17H19BrN2O3S/c1-11-5-6-12(2)16(9-11)19-17(21)14-10-13(7-8-15(14)18)24(22,23)20(3)4/h5-10H,1-4H3,(H,19,21). The van der Waals surface area contributed by atoms with Gasteiger partial charge in [-0.05, 0) is 65.2 Å². The molecule has 0 atom stereocenters. The van der Waals surface area contributed by atoms with Crippen LogP contribution in [0.3, 0.4) is 0 Å². The molecule has 2 rings (SSSR count). The molecule has 0 heterocycles. The molecule has 0 aliphatic carbocycles. The Bertz CT molecular complexity index is 893. The van der Waals surface area contributed by atoms with Crippen LogP contribution in [0.15, 0.2) is 45.8 Å². The monoisotopic (exact) mass is 410 g/mol. The largest absolute Gasteiger partial charge is 0.322 e. The molecule has 24 heavy (non-hydrogen) atoms. The van der Waals surface area contributed by atoms with Gasteiger partial charge in [0.25, 0.3) is 5.91 Å². The van der Waals surface area contributed by atoms with Crippen molar-refractivity contribution in [2.45, 2.75) is 18.7 Å². The summed E-state index contributed by atoms with van der Waals surface area (Å²) in [5, 5.41) is 2.84. The number of halogens is 1. The van der Waals surface area contributed by atoms with Gasteiger partial charge in [0.2, 0.25) is 10.0 Å². The number of amides is 1. The Balaban J connectivity index is 2.41. The van der Waals surface area contributed by atoms with E-state index in [1.807, 2.05) is 32.0 Å². The number of nitrogens with one attached hydrogen (secondary N) is 1. The normalized spacial score (nSPS) is 11.6. The van der Waals surface area contributed by atoms with Crippen molar-refractivity contribution in [2.24, 2.45) is 0 Å². The number of hydrogen-bond donors (Lipinski definition) is 1. The third-order valence-corrected chi connectivity index (χ3v) is 6.10. The van der Waals surface area contributed by atoms with Crippen molar-refractivity contribution < 1.29 is 13.2 Å². The van der Waals surface area contributed by atoms with E-state index in [2.05, 4.69) is 21.2 Å². The Morgan fingerprint density at radius 1 is 1.08 bits per heavy atom. The van der Waals surface area contributed by atoms with Crippen LogP contribution in [-0.2, 0) is 10.0 Å². The molecule has 0 aliphatic rings. The van der Waals surface area contributed by atoms with Crippen LogP contribution in [-0.4, -0.2) is 32.7 Å². The van der Waals surface area contributed by atoms with Gasteiger partial charge >= 0.3 is 0 Å². The number of anilines is 1. The van der Waals surface area contributed by atoms with Gasteiger partial charge in [0.1, 0.15) is 0 Å². The summed E-state index contributed by atoms with van der Waals surface area (Å²) < 4.78 is 26.2. The van der Waals surface area contributed by atoms with Crippen LogP contribution in [0.2, 0.25) is 0 Å². The first kappa shape index (κ1) is 18.6. The average Bonchev–Trinajstić information content (AvgIpc) is 2.50. The zero-order valence-corrected chi connectivity index (χ0v) is 16.3. The number of carbonyl (C=O) groups excluding carboxylic acids is 1. The molecule has 128 valence electrons. The van der Waals surface area contributed by atoms with Gasteiger partial charge in [-0.2, -0.15) is 0 Å². The summed E-state index contributed by atoms with van der Waals surface area (Å²) in [5.41, 5.74) is 2.92. The summed E-state index contributed by atoms with van der Waals surface area (Å²) >= 11 is 3.31. The molecule has 0 fully saturated rings. The first-order valence-electron chi connectivity index (χ1n) is 7.23. The fraction of sp³-hybridized carbons (Fsp3) is 0.235. The number of benzene rings is 2. The van der Waals surface area contributed by atoms with Gasteiger partial charge in [-0.15, -0.1) is 0 Å². The average molecular weight is 411 g/mol. The third kappa shape index (κ3) is 3.85. The predicted octanol–water partition coefficient (Wildman–Crippen LogP) is 3.57. The number of nitrogens with zero attached hydrogens (tertiary/aromatic N) is 1.